The van der Waals surface area contributed by atoms with E-state index in [-0.39, 0.29) is 23.5 Å². The Morgan fingerprint density at radius 3 is 2.81 bits per heavy atom. The molecule has 0 aromatic heterocycles. The minimum atomic E-state index is -0.180. The van der Waals surface area contributed by atoms with Gasteiger partial charge in [-0.1, -0.05) is 12.1 Å². The molecule has 2 aromatic rings. The molecule has 21 heavy (non-hydrogen) atoms. The average molecular weight is 302 g/mol. The minimum absolute atomic E-state index is 0.128. The summed E-state index contributed by atoms with van der Waals surface area (Å²) in [5.74, 6) is 1.65. The standard InChI is InChI=1S/C16H14O4S/c1-19-11-6-13(18)16-12(17)5-10-4-9(8-21)2-3-14(10)20-15(16)7-11/h2-4,6-7,18,21H,5,8H2,1H3. The van der Waals surface area contributed by atoms with E-state index in [0.29, 0.717) is 23.0 Å². The van der Waals surface area contributed by atoms with Crippen LogP contribution in [0.4, 0.5) is 0 Å². The molecule has 1 aliphatic heterocycles. The maximum Gasteiger partial charge on any atom is 0.174 e. The van der Waals surface area contributed by atoms with Gasteiger partial charge < -0.3 is 14.6 Å². The number of ketones is 1. The van der Waals surface area contributed by atoms with Gasteiger partial charge in [-0.25, -0.2) is 0 Å². The van der Waals surface area contributed by atoms with E-state index in [1.165, 1.54) is 13.2 Å². The van der Waals surface area contributed by atoms with Gasteiger partial charge in [-0.2, -0.15) is 12.6 Å². The van der Waals surface area contributed by atoms with Gasteiger partial charge in [0.1, 0.15) is 28.6 Å². The maximum atomic E-state index is 12.4. The molecule has 0 amide bonds. The number of Topliss-reactive ketones (excluding diaryl/α,β-unsaturated/α-hetero) is 1. The molecule has 0 spiro atoms. The van der Waals surface area contributed by atoms with E-state index >= 15 is 0 Å². The van der Waals surface area contributed by atoms with Crippen molar-refractivity contribution in [1.29, 1.82) is 0 Å². The Morgan fingerprint density at radius 2 is 2.10 bits per heavy atom. The summed E-state index contributed by atoms with van der Waals surface area (Å²) < 4.78 is 10.9. The Hall–Kier alpha value is -2.14. The number of hydrogen-bond acceptors (Lipinski definition) is 5. The lowest BCUT2D eigenvalue weighted by atomic mass is 10.0. The van der Waals surface area contributed by atoms with Crippen molar-refractivity contribution >= 4 is 18.4 Å². The number of carbonyl (C=O) groups is 1. The monoisotopic (exact) mass is 302 g/mol. The summed E-state index contributed by atoms with van der Waals surface area (Å²) >= 11 is 4.24. The summed E-state index contributed by atoms with van der Waals surface area (Å²) in [6.45, 7) is 0. The molecule has 2 aromatic carbocycles. The third-order valence-electron chi connectivity index (χ3n) is 3.45. The second-order valence-electron chi connectivity index (χ2n) is 4.82. The molecule has 0 saturated heterocycles. The van der Waals surface area contributed by atoms with Crippen LogP contribution in [0.2, 0.25) is 0 Å². The van der Waals surface area contributed by atoms with Crippen LogP contribution >= 0.6 is 12.6 Å². The third-order valence-corrected chi connectivity index (χ3v) is 3.81. The van der Waals surface area contributed by atoms with E-state index in [4.69, 9.17) is 9.47 Å². The molecule has 0 fully saturated rings. The first-order valence-corrected chi connectivity index (χ1v) is 7.10. The van der Waals surface area contributed by atoms with Crippen LogP contribution in [0.1, 0.15) is 21.5 Å². The highest BCUT2D eigenvalue weighted by molar-refractivity contribution is 7.79. The van der Waals surface area contributed by atoms with Crippen LogP contribution in [-0.4, -0.2) is 18.0 Å². The van der Waals surface area contributed by atoms with Crippen molar-refractivity contribution in [2.75, 3.05) is 7.11 Å². The molecule has 0 unspecified atom stereocenters. The zero-order valence-corrected chi connectivity index (χ0v) is 12.3. The number of aromatic hydroxyl groups is 1. The predicted molar refractivity (Wildman–Crippen MR) is 81.9 cm³/mol. The molecular weight excluding hydrogens is 288 g/mol. The molecule has 0 radical (unpaired) electrons. The van der Waals surface area contributed by atoms with Crippen LogP contribution < -0.4 is 9.47 Å². The number of hydrogen-bond donors (Lipinski definition) is 2. The molecule has 1 aliphatic rings. The van der Waals surface area contributed by atoms with E-state index in [9.17, 15) is 9.90 Å². The third kappa shape index (κ3) is 2.45. The second kappa shape index (κ2) is 5.33. The fourth-order valence-electron chi connectivity index (χ4n) is 2.40. The first kappa shape index (κ1) is 13.8. The van der Waals surface area contributed by atoms with Crippen molar-refractivity contribution in [1.82, 2.24) is 0 Å². The largest absolute Gasteiger partial charge is 0.507 e. The van der Waals surface area contributed by atoms with Crippen LogP contribution in [-0.2, 0) is 12.2 Å². The first-order chi connectivity index (χ1) is 10.1. The topological polar surface area (TPSA) is 55.8 Å². The van der Waals surface area contributed by atoms with E-state index in [2.05, 4.69) is 12.6 Å². The van der Waals surface area contributed by atoms with Gasteiger partial charge in [-0.05, 0) is 11.6 Å². The zero-order valence-electron chi connectivity index (χ0n) is 11.4. The number of methoxy groups -OCH3 is 1. The number of carbonyl (C=O) groups excluding carboxylic acids is 1. The lowest BCUT2D eigenvalue weighted by Crippen LogP contribution is -2.02. The van der Waals surface area contributed by atoms with Gasteiger partial charge >= 0.3 is 0 Å². The van der Waals surface area contributed by atoms with Crippen molar-refractivity contribution < 1.29 is 19.4 Å². The van der Waals surface area contributed by atoms with Gasteiger partial charge in [-0.15, -0.1) is 0 Å². The Balaban J connectivity index is 2.14. The van der Waals surface area contributed by atoms with Crippen LogP contribution in [0, 0.1) is 0 Å². The van der Waals surface area contributed by atoms with Gasteiger partial charge in [-0.3, -0.25) is 4.79 Å². The number of ether oxygens (including phenoxy) is 2. The van der Waals surface area contributed by atoms with Gasteiger partial charge in [0.25, 0.3) is 0 Å². The van der Waals surface area contributed by atoms with Gasteiger partial charge in [0.05, 0.1) is 7.11 Å². The molecule has 1 N–H and O–H groups in total. The highest BCUT2D eigenvalue weighted by Crippen LogP contribution is 2.40. The van der Waals surface area contributed by atoms with E-state index < -0.39 is 0 Å². The van der Waals surface area contributed by atoms with Crippen LogP contribution in [0.5, 0.6) is 23.0 Å². The summed E-state index contributed by atoms with van der Waals surface area (Å²) in [5, 5.41) is 10.1. The number of rotatable bonds is 2. The molecular formula is C16H14O4S. The molecule has 1 heterocycles. The summed E-state index contributed by atoms with van der Waals surface area (Å²) in [5.41, 5.74) is 2.00. The van der Waals surface area contributed by atoms with Crippen LogP contribution in [0.15, 0.2) is 30.3 Å². The highest BCUT2D eigenvalue weighted by atomic mass is 32.1. The number of phenols is 1. The Labute approximate surface area is 127 Å². The van der Waals surface area contributed by atoms with Crippen molar-refractivity contribution in [2.24, 2.45) is 0 Å². The normalized spacial score (nSPS) is 13.0. The summed E-state index contributed by atoms with van der Waals surface area (Å²) in [4.78, 5) is 12.4. The predicted octanol–water partition coefficient (Wildman–Crippen LogP) is 3.36. The molecule has 3 rings (SSSR count). The fraction of sp³-hybridized carbons (Fsp3) is 0.188. The van der Waals surface area contributed by atoms with Crippen molar-refractivity contribution in [2.45, 2.75) is 12.2 Å². The van der Waals surface area contributed by atoms with Gasteiger partial charge in [0, 0.05) is 29.9 Å². The van der Waals surface area contributed by atoms with E-state index in [0.717, 1.165) is 11.1 Å². The van der Waals surface area contributed by atoms with Crippen molar-refractivity contribution in [3.63, 3.8) is 0 Å². The SMILES string of the molecule is COc1cc(O)c2c(c1)Oc1ccc(CS)cc1CC2=O. The lowest BCUT2D eigenvalue weighted by Gasteiger charge is -2.11. The van der Waals surface area contributed by atoms with Crippen molar-refractivity contribution in [3.05, 3.63) is 47.0 Å². The second-order valence-corrected chi connectivity index (χ2v) is 5.14. The molecule has 0 saturated carbocycles. The Morgan fingerprint density at radius 1 is 1.29 bits per heavy atom. The smallest absolute Gasteiger partial charge is 0.174 e. The van der Waals surface area contributed by atoms with Gasteiger partial charge in [0.2, 0.25) is 0 Å². The molecule has 0 atom stereocenters. The van der Waals surface area contributed by atoms with E-state index in [1.54, 1.807) is 6.07 Å². The van der Waals surface area contributed by atoms with Crippen LogP contribution in [0.3, 0.4) is 0 Å². The number of fused-ring (bicyclic) bond motifs is 2. The fourth-order valence-corrected chi connectivity index (χ4v) is 2.60. The lowest BCUT2D eigenvalue weighted by molar-refractivity contribution is 0.0991. The number of benzene rings is 2. The highest BCUT2D eigenvalue weighted by Gasteiger charge is 2.25. The van der Waals surface area contributed by atoms with E-state index in [1.807, 2.05) is 18.2 Å². The molecule has 5 heteroatoms. The zero-order chi connectivity index (χ0) is 15.0. The molecule has 0 aliphatic carbocycles. The maximum absolute atomic E-state index is 12.4. The Bertz CT molecular complexity index is 724. The van der Waals surface area contributed by atoms with Gasteiger partial charge in [0.15, 0.2) is 5.78 Å². The minimum Gasteiger partial charge on any atom is -0.507 e. The molecule has 108 valence electrons. The summed E-state index contributed by atoms with van der Waals surface area (Å²) in [7, 11) is 1.49. The number of thiol groups is 1. The summed E-state index contributed by atoms with van der Waals surface area (Å²) in [6.07, 6.45) is 0.184. The van der Waals surface area contributed by atoms with Crippen molar-refractivity contribution in [3.8, 4) is 23.0 Å². The summed E-state index contributed by atoms with van der Waals surface area (Å²) in [6, 6.07) is 8.64. The van der Waals surface area contributed by atoms with Crippen LogP contribution in [0.25, 0.3) is 0 Å². The first-order valence-electron chi connectivity index (χ1n) is 6.47. The molecule has 0 bridgehead atoms. The quantitative estimate of drug-likeness (QED) is 0.835. The number of phenolic OH excluding ortho intramolecular Hbond substituents is 1. The average Bonchev–Trinajstić information content (AvgIpc) is 2.61. The molecule has 4 nitrogen and oxygen atoms in total. The Kier molecular flexibility index (Phi) is 3.51.